The maximum atomic E-state index is 14.2. The van der Waals surface area contributed by atoms with Crippen LogP contribution < -0.4 is 10.2 Å². The summed E-state index contributed by atoms with van der Waals surface area (Å²) < 4.78 is 0. The van der Waals surface area contributed by atoms with Crippen molar-refractivity contribution in [1.82, 2.24) is 10.2 Å². The Bertz CT molecular complexity index is 1530. The number of carbonyl (C=O) groups excluding carboxylic acids is 3. The first-order valence-corrected chi connectivity index (χ1v) is 14.0. The van der Waals surface area contributed by atoms with Crippen molar-refractivity contribution < 1.29 is 14.4 Å². The van der Waals surface area contributed by atoms with E-state index in [-0.39, 0.29) is 30.8 Å². The van der Waals surface area contributed by atoms with E-state index in [0.29, 0.717) is 29.2 Å². The Morgan fingerprint density at radius 3 is 2.40 bits per heavy atom. The van der Waals surface area contributed by atoms with Crippen molar-refractivity contribution in [3.8, 4) is 0 Å². The Hall–Kier alpha value is -4.16. The van der Waals surface area contributed by atoms with Gasteiger partial charge in [-0.1, -0.05) is 97.7 Å². The molecular weight excluding hydrogens is 522 g/mol. The summed E-state index contributed by atoms with van der Waals surface area (Å²) >= 11 is 6.53. The van der Waals surface area contributed by atoms with Gasteiger partial charge in [-0.3, -0.25) is 19.3 Å². The Balaban J connectivity index is 1.50. The van der Waals surface area contributed by atoms with Crippen LogP contribution in [0.1, 0.15) is 41.3 Å². The van der Waals surface area contributed by atoms with Gasteiger partial charge in [0.1, 0.15) is 12.6 Å². The highest BCUT2D eigenvalue weighted by molar-refractivity contribution is 6.31. The summed E-state index contributed by atoms with van der Waals surface area (Å²) in [6.45, 7) is 2.53. The van der Waals surface area contributed by atoms with Crippen LogP contribution in [-0.2, 0) is 22.6 Å². The normalized spacial score (nSPS) is 12.9. The van der Waals surface area contributed by atoms with Gasteiger partial charge in [-0.05, 0) is 41.1 Å². The van der Waals surface area contributed by atoms with Crippen molar-refractivity contribution in [2.75, 3.05) is 18.0 Å². The van der Waals surface area contributed by atoms with E-state index in [9.17, 15) is 14.4 Å². The lowest BCUT2D eigenvalue weighted by Crippen LogP contribution is -2.53. The fraction of sp³-hybridized carbons (Fsp3) is 0.242. The van der Waals surface area contributed by atoms with Gasteiger partial charge in [0.15, 0.2) is 0 Å². The molecule has 0 aromatic heterocycles. The molecule has 4 aromatic carbocycles. The van der Waals surface area contributed by atoms with Crippen LogP contribution in [0.4, 0.5) is 5.69 Å². The molecule has 3 amide bonds. The fourth-order valence-corrected chi connectivity index (χ4v) is 5.43. The molecule has 0 radical (unpaired) electrons. The zero-order valence-electron chi connectivity index (χ0n) is 22.5. The number of benzene rings is 4. The van der Waals surface area contributed by atoms with Gasteiger partial charge < -0.3 is 10.2 Å². The SMILES string of the molecule is CCCCNC(=O)[C@@H](Cc1ccccc1)N(Cc1ccccc1Cl)C(=O)CN1C(=O)c2cccc3cccc1c23. The van der Waals surface area contributed by atoms with Crippen LogP contribution in [0.15, 0.2) is 91.0 Å². The summed E-state index contributed by atoms with van der Waals surface area (Å²) in [5.41, 5.74) is 2.95. The molecular formula is C33H32ClN3O3. The van der Waals surface area contributed by atoms with E-state index in [1.807, 2.05) is 78.9 Å². The number of nitrogens with zero attached hydrogens (tertiary/aromatic N) is 2. The minimum absolute atomic E-state index is 0.135. The Kier molecular flexibility index (Phi) is 8.46. The van der Waals surface area contributed by atoms with Crippen molar-refractivity contribution in [3.63, 3.8) is 0 Å². The highest BCUT2D eigenvalue weighted by Gasteiger charge is 2.36. The van der Waals surface area contributed by atoms with Crippen LogP contribution in [-0.4, -0.2) is 41.8 Å². The van der Waals surface area contributed by atoms with Gasteiger partial charge in [0.05, 0.1) is 5.69 Å². The van der Waals surface area contributed by atoms with Gasteiger partial charge in [0.25, 0.3) is 5.91 Å². The Labute approximate surface area is 239 Å². The summed E-state index contributed by atoms with van der Waals surface area (Å²) in [6.07, 6.45) is 2.11. The number of hydrogen-bond donors (Lipinski definition) is 1. The summed E-state index contributed by atoms with van der Waals surface area (Å²) in [4.78, 5) is 44.4. The third kappa shape index (κ3) is 5.73. The average Bonchev–Trinajstić information content (AvgIpc) is 3.24. The van der Waals surface area contributed by atoms with Crippen LogP contribution in [0.25, 0.3) is 10.8 Å². The molecule has 1 atom stereocenters. The van der Waals surface area contributed by atoms with Crippen LogP contribution in [0.3, 0.4) is 0 Å². The minimum atomic E-state index is -0.793. The lowest BCUT2D eigenvalue weighted by atomic mass is 10.0. The highest BCUT2D eigenvalue weighted by atomic mass is 35.5. The number of carbonyl (C=O) groups is 3. The van der Waals surface area contributed by atoms with E-state index in [2.05, 4.69) is 12.2 Å². The minimum Gasteiger partial charge on any atom is -0.354 e. The molecule has 0 spiro atoms. The molecule has 1 N–H and O–H groups in total. The van der Waals surface area contributed by atoms with E-state index < -0.39 is 6.04 Å². The molecule has 5 rings (SSSR count). The quantitative estimate of drug-likeness (QED) is 0.231. The van der Waals surface area contributed by atoms with Gasteiger partial charge in [-0.15, -0.1) is 0 Å². The van der Waals surface area contributed by atoms with Gasteiger partial charge in [0, 0.05) is 35.5 Å². The summed E-state index contributed by atoms with van der Waals surface area (Å²) in [5, 5.41) is 5.33. The number of amides is 3. The zero-order chi connectivity index (χ0) is 28.1. The first-order chi connectivity index (χ1) is 19.5. The molecule has 0 bridgehead atoms. The molecule has 204 valence electrons. The molecule has 1 aliphatic heterocycles. The maximum absolute atomic E-state index is 14.2. The van der Waals surface area contributed by atoms with E-state index >= 15 is 0 Å². The molecule has 0 aliphatic carbocycles. The molecule has 4 aromatic rings. The van der Waals surface area contributed by atoms with Gasteiger partial charge >= 0.3 is 0 Å². The number of halogens is 1. The Morgan fingerprint density at radius 2 is 1.65 bits per heavy atom. The first-order valence-electron chi connectivity index (χ1n) is 13.7. The van der Waals surface area contributed by atoms with E-state index in [4.69, 9.17) is 11.6 Å². The molecule has 0 unspecified atom stereocenters. The standard InChI is InChI=1S/C33H32ClN3O3/c1-2-3-19-35-32(39)29(20-23-11-5-4-6-12-23)36(21-25-13-7-8-17-27(25)34)30(38)22-37-28-18-10-15-24-14-9-16-26(31(24)28)33(37)40/h4-18,29H,2-3,19-22H2,1H3,(H,35,39)/t29-/m1/s1. The topological polar surface area (TPSA) is 69.7 Å². The number of anilines is 1. The number of hydrogen-bond acceptors (Lipinski definition) is 3. The third-order valence-corrected chi connectivity index (χ3v) is 7.71. The van der Waals surface area contributed by atoms with Gasteiger partial charge in [-0.25, -0.2) is 0 Å². The first kappa shape index (κ1) is 27.4. The zero-order valence-corrected chi connectivity index (χ0v) is 23.2. The van der Waals surface area contributed by atoms with Crippen LogP contribution in [0.5, 0.6) is 0 Å². The van der Waals surface area contributed by atoms with Crippen LogP contribution in [0.2, 0.25) is 5.02 Å². The second-order valence-corrected chi connectivity index (χ2v) is 10.4. The molecule has 0 fully saturated rings. The number of unbranched alkanes of at least 4 members (excludes halogenated alkanes) is 1. The maximum Gasteiger partial charge on any atom is 0.259 e. The second-order valence-electron chi connectivity index (χ2n) is 10.0. The third-order valence-electron chi connectivity index (χ3n) is 7.34. The highest BCUT2D eigenvalue weighted by Crippen LogP contribution is 2.37. The largest absolute Gasteiger partial charge is 0.354 e. The predicted octanol–water partition coefficient (Wildman–Crippen LogP) is 6.01. The fourth-order valence-electron chi connectivity index (χ4n) is 5.23. The van der Waals surface area contributed by atoms with Crippen molar-refractivity contribution in [2.45, 2.75) is 38.8 Å². The monoisotopic (exact) mass is 553 g/mol. The van der Waals surface area contributed by atoms with Crippen LogP contribution >= 0.6 is 11.6 Å². The number of rotatable bonds is 11. The van der Waals surface area contributed by atoms with Crippen molar-refractivity contribution >= 4 is 45.8 Å². The molecule has 1 aliphatic rings. The molecule has 0 saturated heterocycles. The van der Waals surface area contributed by atoms with Crippen molar-refractivity contribution in [2.24, 2.45) is 0 Å². The summed E-state index contributed by atoms with van der Waals surface area (Å²) in [6, 6.07) is 27.5. The molecule has 6 nitrogen and oxygen atoms in total. The average molecular weight is 554 g/mol. The van der Waals surface area contributed by atoms with E-state index in [1.54, 1.807) is 17.0 Å². The number of nitrogens with one attached hydrogen (secondary N) is 1. The lowest BCUT2D eigenvalue weighted by molar-refractivity contribution is -0.140. The van der Waals surface area contributed by atoms with Crippen molar-refractivity contribution in [1.29, 1.82) is 0 Å². The second kappa shape index (κ2) is 12.3. The Morgan fingerprint density at radius 1 is 0.925 bits per heavy atom. The lowest BCUT2D eigenvalue weighted by Gasteiger charge is -2.33. The van der Waals surface area contributed by atoms with Crippen molar-refractivity contribution in [3.05, 3.63) is 113 Å². The van der Waals surface area contributed by atoms with E-state index in [0.717, 1.165) is 34.7 Å². The predicted molar refractivity (Wildman–Crippen MR) is 159 cm³/mol. The molecule has 1 heterocycles. The summed E-state index contributed by atoms with van der Waals surface area (Å²) in [5.74, 6) is -0.773. The molecule has 40 heavy (non-hydrogen) atoms. The van der Waals surface area contributed by atoms with Crippen LogP contribution in [0, 0.1) is 0 Å². The van der Waals surface area contributed by atoms with Gasteiger partial charge in [-0.2, -0.15) is 0 Å². The smallest absolute Gasteiger partial charge is 0.259 e. The van der Waals surface area contributed by atoms with Gasteiger partial charge in [0.2, 0.25) is 11.8 Å². The summed E-state index contributed by atoms with van der Waals surface area (Å²) in [7, 11) is 0. The van der Waals surface area contributed by atoms with E-state index in [1.165, 1.54) is 4.90 Å². The molecule has 0 saturated carbocycles. The molecule has 7 heteroatoms.